The number of amides is 1. The number of hydrogen-bond acceptors (Lipinski definition) is 5. The van der Waals surface area contributed by atoms with Crippen LogP contribution in [0.4, 0.5) is 4.39 Å². The molecular weight excluding hydrogens is 445 g/mol. The van der Waals surface area contributed by atoms with Gasteiger partial charge in [0, 0.05) is 44.6 Å². The van der Waals surface area contributed by atoms with Crippen molar-refractivity contribution in [3.8, 4) is 11.3 Å². The van der Waals surface area contributed by atoms with Crippen molar-refractivity contribution in [3.05, 3.63) is 72.0 Å². The summed E-state index contributed by atoms with van der Waals surface area (Å²) in [6, 6.07) is 12.7. The molecule has 33 heavy (non-hydrogen) atoms. The molecule has 1 saturated heterocycles. The van der Waals surface area contributed by atoms with Crippen molar-refractivity contribution in [3.63, 3.8) is 0 Å². The summed E-state index contributed by atoms with van der Waals surface area (Å²) in [5, 5.41) is 0. The van der Waals surface area contributed by atoms with E-state index in [0.717, 1.165) is 5.56 Å². The number of aryl methyl sites for hydroxylation is 2. The lowest BCUT2D eigenvalue weighted by Gasteiger charge is -2.22. The molecule has 1 aliphatic rings. The monoisotopic (exact) mass is 471 g/mol. The van der Waals surface area contributed by atoms with Gasteiger partial charge in [-0.3, -0.25) is 4.79 Å². The van der Waals surface area contributed by atoms with E-state index in [0.29, 0.717) is 49.7 Å². The molecule has 0 aliphatic carbocycles. The molecule has 0 atom stereocenters. The quantitative estimate of drug-likeness (QED) is 0.548. The second-order valence-corrected chi connectivity index (χ2v) is 10.0. The average Bonchev–Trinajstić information content (AvgIpc) is 3.13. The average molecular weight is 472 g/mol. The first-order chi connectivity index (χ1) is 15.8. The fraction of sp³-hybridized carbons (Fsp3) is 0.333. The van der Waals surface area contributed by atoms with Crippen LogP contribution in [0.15, 0.2) is 64.0 Å². The van der Waals surface area contributed by atoms with E-state index in [2.05, 4.69) is 4.98 Å². The second kappa shape index (κ2) is 9.84. The van der Waals surface area contributed by atoms with E-state index in [-0.39, 0.29) is 29.6 Å². The third-order valence-corrected chi connectivity index (χ3v) is 7.61. The minimum Gasteiger partial charge on any atom is -0.441 e. The first-order valence-corrected chi connectivity index (χ1v) is 12.3. The summed E-state index contributed by atoms with van der Waals surface area (Å²) in [4.78, 5) is 18.9. The number of nitrogens with zero attached hydrogens (tertiary/aromatic N) is 3. The molecule has 0 N–H and O–H groups in total. The summed E-state index contributed by atoms with van der Waals surface area (Å²) in [5.41, 5.74) is 1.71. The van der Waals surface area contributed by atoms with Crippen molar-refractivity contribution >= 4 is 15.9 Å². The molecule has 7 nitrogen and oxygen atoms in total. The standard InChI is InChI=1S/C24H26FN3O4S/c1-18-3-9-21(10-4-18)33(30,31)28-14-2-13-27(15-16-28)24(29)12-11-23-26-17-22(32-23)19-5-7-20(25)8-6-19/h3-10,17H,2,11-16H2,1H3. The minimum atomic E-state index is -3.59. The topological polar surface area (TPSA) is 83.7 Å². The zero-order chi connectivity index (χ0) is 23.4. The van der Waals surface area contributed by atoms with Crippen LogP contribution < -0.4 is 0 Å². The number of carbonyl (C=O) groups is 1. The fourth-order valence-electron chi connectivity index (χ4n) is 3.79. The number of hydrogen-bond donors (Lipinski definition) is 0. The summed E-state index contributed by atoms with van der Waals surface area (Å²) >= 11 is 0. The van der Waals surface area contributed by atoms with E-state index in [1.807, 2.05) is 6.92 Å². The zero-order valence-corrected chi connectivity index (χ0v) is 19.2. The van der Waals surface area contributed by atoms with Crippen molar-refractivity contribution < 1.29 is 22.0 Å². The molecule has 0 radical (unpaired) electrons. The number of sulfonamides is 1. The van der Waals surface area contributed by atoms with Crippen molar-refractivity contribution in [2.75, 3.05) is 26.2 Å². The van der Waals surface area contributed by atoms with Gasteiger partial charge in [0.2, 0.25) is 15.9 Å². The molecule has 2 heterocycles. The third kappa shape index (κ3) is 5.48. The maximum atomic E-state index is 13.1. The lowest BCUT2D eigenvalue weighted by atomic mass is 10.2. The first kappa shape index (κ1) is 23.1. The Morgan fingerprint density at radius 2 is 1.76 bits per heavy atom. The van der Waals surface area contributed by atoms with Crippen LogP contribution in [-0.2, 0) is 21.2 Å². The molecule has 1 fully saturated rings. The highest BCUT2D eigenvalue weighted by molar-refractivity contribution is 7.89. The lowest BCUT2D eigenvalue weighted by molar-refractivity contribution is -0.131. The summed E-state index contributed by atoms with van der Waals surface area (Å²) in [7, 11) is -3.59. The molecule has 0 spiro atoms. The van der Waals surface area contributed by atoms with Gasteiger partial charge in [-0.05, 0) is 49.7 Å². The predicted molar refractivity (Wildman–Crippen MR) is 121 cm³/mol. The maximum Gasteiger partial charge on any atom is 0.243 e. The van der Waals surface area contributed by atoms with Crippen LogP contribution in [0.1, 0.15) is 24.3 Å². The number of carbonyl (C=O) groups excluding carboxylic acids is 1. The van der Waals surface area contributed by atoms with Crippen LogP contribution >= 0.6 is 0 Å². The molecule has 1 aromatic heterocycles. The Hall–Kier alpha value is -3.04. The molecule has 0 saturated carbocycles. The molecule has 9 heteroatoms. The largest absolute Gasteiger partial charge is 0.441 e. The zero-order valence-electron chi connectivity index (χ0n) is 18.4. The van der Waals surface area contributed by atoms with E-state index < -0.39 is 10.0 Å². The summed E-state index contributed by atoms with van der Waals surface area (Å²) in [6.07, 6.45) is 2.69. The van der Waals surface area contributed by atoms with Gasteiger partial charge in [0.25, 0.3) is 0 Å². The van der Waals surface area contributed by atoms with Gasteiger partial charge in [-0.1, -0.05) is 17.7 Å². The van der Waals surface area contributed by atoms with Gasteiger partial charge >= 0.3 is 0 Å². The molecule has 3 aromatic rings. The molecule has 4 rings (SSSR count). The van der Waals surface area contributed by atoms with Gasteiger partial charge in [0.1, 0.15) is 5.82 Å². The van der Waals surface area contributed by atoms with E-state index >= 15 is 0 Å². The van der Waals surface area contributed by atoms with Gasteiger partial charge in [-0.25, -0.2) is 17.8 Å². The summed E-state index contributed by atoms with van der Waals surface area (Å²) in [5.74, 6) is 0.558. The molecule has 0 bridgehead atoms. The van der Waals surface area contributed by atoms with Crippen molar-refractivity contribution in [2.24, 2.45) is 0 Å². The molecule has 1 aliphatic heterocycles. The summed E-state index contributed by atoms with van der Waals surface area (Å²) < 4.78 is 46.2. The number of rotatable bonds is 6. The highest BCUT2D eigenvalue weighted by Crippen LogP contribution is 2.22. The first-order valence-electron chi connectivity index (χ1n) is 10.9. The Morgan fingerprint density at radius 3 is 2.48 bits per heavy atom. The lowest BCUT2D eigenvalue weighted by Crippen LogP contribution is -2.37. The van der Waals surface area contributed by atoms with E-state index in [9.17, 15) is 17.6 Å². The highest BCUT2D eigenvalue weighted by Gasteiger charge is 2.28. The van der Waals surface area contributed by atoms with Crippen molar-refractivity contribution in [1.82, 2.24) is 14.2 Å². The SMILES string of the molecule is Cc1ccc(S(=O)(=O)N2CCCN(C(=O)CCc3ncc(-c4ccc(F)cc4)o3)CC2)cc1. The van der Waals surface area contributed by atoms with Gasteiger partial charge < -0.3 is 9.32 Å². The van der Waals surface area contributed by atoms with Gasteiger partial charge in [-0.2, -0.15) is 4.31 Å². The van der Waals surface area contributed by atoms with E-state index in [1.165, 1.54) is 16.4 Å². The highest BCUT2D eigenvalue weighted by atomic mass is 32.2. The Bertz CT molecular complexity index is 1210. The van der Waals surface area contributed by atoms with Crippen LogP contribution in [-0.4, -0.2) is 54.7 Å². The number of oxazole rings is 1. The van der Waals surface area contributed by atoms with Gasteiger partial charge in [0.15, 0.2) is 11.7 Å². The van der Waals surface area contributed by atoms with Crippen LogP contribution in [0.5, 0.6) is 0 Å². The molecule has 0 unspecified atom stereocenters. The number of benzene rings is 2. The van der Waals surface area contributed by atoms with Gasteiger partial charge in [-0.15, -0.1) is 0 Å². The Balaban J connectivity index is 1.33. The van der Waals surface area contributed by atoms with Crippen LogP contribution in [0.3, 0.4) is 0 Å². The normalized spacial score (nSPS) is 15.4. The Morgan fingerprint density at radius 1 is 1.03 bits per heavy atom. The van der Waals surface area contributed by atoms with Crippen LogP contribution in [0.2, 0.25) is 0 Å². The summed E-state index contributed by atoms with van der Waals surface area (Å²) in [6.45, 7) is 3.39. The molecule has 2 aromatic carbocycles. The molecule has 174 valence electrons. The smallest absolute Gasteiger partial charge is 0.243 e. The second-order valence-electron chi connectivity index (χ2n) is 8.08. The van der Waals surface area contributed by atoms with E-state index in [1.54, 1.807) is 47.5 Å². The van der Waals surface area contributed by atoms with E-state index in [4.69, 9.17) is 4.42 Å². The molecule has 1 amide bonds. The van der Waals surface area contributed by atoms with Crippen molar-refractivity contribution in [2.45, 2.75) is 31.1 Å². The Kier molecular flexibility index (Phi) is 6.90. The number of aromatic nitrogens is 1. The number of halogens is 1. The van der Waals surface area contributed by atoms with Crippen LogP contribution in [0.25, 0.3) is 11.3 Å². The fourth-order valence-corrected chi connectivity index (χ4v) is 5.26. The Labute approximate surface area is 192 Å². The molecular formula is C24H26FN3O4S. The van der Waals surface area contributed by atoms with Crippen LogP contribution in [0, 0.1) is 12.7 Å². The predicted octanol–water partition coefficient (Wildman–Crippen LogP) is 3.64. The maximum absolute atomic E-state index is 13.1. The third-order valence-electron chi connectivity index (χ3n) is 5.70. The van der Waals surface area contributed by atoms with Crippen molar-refractivity contribution in [1.29, 1.82) is 0 Å². The van der Waals surface area contributed by atoms with Gasteiger partial charge in [0.05, 0.1) is 11.1 Å². The minimum absolute atomic E-state index is 0.0638.